The Balaban J connectivity index is 1.30. The topological polar surface area (TPSA) is 104 Å². The molecule has 2 aromatic rings. The van der Waals surface area contributed by atoms with Crippen LogP contribution in [0.1, 0.15) is 34.8 Å². The number of carbonyl (C=O) groups excluding carboxylic acids is 1. The molecule has 5 heterocycles. The molecule has 8 nitrogen and oxygen atoms in total. The van der Waals surface area contributed by atoms with E-state index in [2.05, 4.69) is 26.4 Å². The molecule has 1 amide bonds. The highest BCUT2D eigenvalue weighted by Gasteiger charge is 2.63. The Bertz CT molecular complexity index is 967. The van der Waals surface area contributed by atoms with Crippen molar-refractivity contribution < 1.29 is 14.1 Å². The molecule has 0 saturated carbocycles. The van der Waals surface area contributed by atoms with Crippen molar-refractivity contribution in [3.8, 4) is 6.07 Å². The zero-order valence-corrected chi connectivity index (χ0v) is 15.6. The average molecular weight is 379 g/mol. The minimum absolute atomic E-state index is 0.172. The molecule has 0 aliphatic carbocycles. The van der Waals surface area contributed by atoms with E-state index >= 15 is 0 Å². The lowest BCUT2D eigenvalue weighted by molar-refractivity contribution is 0.0141. The van der Waals surface area contributed by atoms with Gasteiger partial charge < -0.3 is 19.5 Å². The second-order valence-electron chi connectivity index (χ2n) is 7.94. The molecular weight excluding hydrogens is 358 g/mol. The van der Waals surface area contributed by atoms with Crippen LogP contribution >= 0.6 is 0 Å². The summed E-state index contributed by atoms with van der Waals surface area (Å²) in [5.41, 5.74) is 0.556. The number of nitrogens with zero attached hydrogens (tertiary/aromatic N) is 4. The number of fused-ring (bicyclic) bond motifs is 1. The van der Waals surface area contributed by atoms with Crippen LogP contribution in [0.3, 0.4) is 0 Å². The number of aryl methyl sites for hydroxylation is 1. The normalized spacial score (nSPS) is 30.3. The Hall–Kier alpha value is -2.92. The van der Waals surface area contributed by atoms with Gasteiger partial charge in [-0.1, -0.05) is 11.2 Å². The lowest BCUT2D eigenvalue weighted by Crippen LogP contribution is -2.42. The Labute approximate surface area is 162 Å². The van der Waals surface area contributed by atoms with Gasteiger partial charge in [-0.15, -0.1) is 0 Å². The number of pyridine rings is 1. The summed E-state index contributed by atoms with van der Waals surface area (Å²) in [5, 5.41) is 15.9. The number of nitriles is 1. The molecule has 0 unspecified atom stereocenters. The van der Waals surface area contributed by atoms with E-state index in [1.165, 1.54) is 0 Å². The van der Waals surface area contributed by atoms with Crippen LogP contribution in [0.25, 0.3) is 0 Å². The summed E-state index contributed by atoms with van der Waals surface area (Å²) in [6.07, 6.45) is 2.23. The van der Waals surface area contributed by atoms with Crippen LogP contribution in [-0.2, 0) is 4.74 Å². The minimum Gasteiger partial charge on any atom is -0.369 e. The smallest absolute Gasteiger partial charge is 0.273 e. The van der Waals surface area contributed by atoms with Gasteiger partial charge in [0, 0.05) is 37.5 Å². The van der Waals surface area contributed by atoms with Crippen molar-refractivity contribution in [3.63, 3.8) is 0 Å². The van der Waals surface area contributed by atoms with Crippen LogP contribution in [-0.4, -0.2) is 47.4 Å². The molecule has 3 saturated heterocycles. The van der Waals surface area contributed by atoms with Crippen LogP contribution in [0.15, 0.2) is 28.8 Å². The van der Waals surface area contributed by atoms with Gasteiger partial charge >= 0.3 is 0 Å². The fraction of sp³-hybridized carbons (Fsp3) is 0.500. The van der Waals surface area contributed by atoms with Gasteiger partial charge in [0.2, 0.25) is 0 Å². The van der Waals surface area contributed by atoms with E-state index in [-0.39, 0.29) is 23.5 Å². The third-order valence-corrected chi connectivity index (χ3v) is 6.32. The van der Waals surface area contributed by atoms with E-state index in [4.69, 9.17) is 14.5 Å². The number of hydrogen-bond donors (Lipinski definition) is 1. The van der Waals surface area contributed by atoms with Crippen molar-refractivity contribution in [3.05, 3.63) is 41.4 Å². The van der Waals surface area contributed by atoms with Crippen LogP contribution < -0.4 is 10.2 Å². The lowest BCUT2D eigenvalue weighted by Gasteiger charge is -2.29. The predicted molar refractivity (Wildman–Crippen MR) is 98.6 cm³/mol. The molecule has 4 atom stereocenters. The van der Waals surface area contributed by atoms with Crippen LogP contribution in [0.2, 0.25) is 0 Å². The van der Waals surface area contributed by atoms with Gasteiger partial charge in [0.15, 0.2) is 5.69 Å². The first-order valence-electron chi connectivity index (χ1n) is 9.59. The first kappa shape index (κ1) is 17.2. The number of amides is 1. The van der Waals surface area contributed by atoms with Gasteiger partial charge in [-0.25, -0.2) is 4.98 Å². The van der Waals surface area contributed by atoms with Crippen molar-refractivity contribution in [1.29, 1.82) is 5.26 Å². The third kappa shape index (κ3) is 2.66. The Morgan fingerprint density at radius 3 is 3.18 bits per heavy atom. The molecule has 3 aliphatic heterocycles. The van der Waals surface area contributed by atoms with Gasteiger partial charge in [-0.2, -0.15) is 5.26 Å². The van der Waals surface area contributed by atoms with Crippen molar-refractivity contribution in [2.45, 2.75) is 31.5 Å². The molecule has 2 bridgehead atoms. The summed E-state index contributed by atoms with van der Waals surface area (Å²) < 4.78 is 11.4. The van der Waals surface area contributed by atoms with E-state index in [1.54, 1.807) is 19.1 Å². The van der Waals surface area contributed by atoms with Gasteiger partial charge in [0.1, 0.15) is 23.3 Å². The molecular formula is C20H21N5O3. The summed E-state index contributed by atoms with van der Waals surface area (Å²) >= 11 is 0. The minimum atomic E-state index is -0.216. The van der Waals surface area contributed by atoms with Crippen molar-refractivity contribution >= 4 is 11.7 Å². The summed E-state index contributed by atoms with van der Waals surface area (Å²) in [5.74, 6) is 1.81. The van der Waals surface area contributed by atoms with Crippen molar-refractivity contribution in [2.24, 2.45) is 11.8 Å². The highest BCUT2D eigenvalue weighted by molar-refractivity contribution is 5.92. The monoisotopic (exact) mass is 379 g/mol. The number of nitrogens with one attached hydrogen (secondary N) is 1. The molecule has 0 radical (unpaired) electrons. The summed E-state index contributed by atoms with van der Waals surface area (Å²) in [4.78, 5) is 19.0. The van der Waals surface area contributed by atoms with Gasteiger partial charge in [0.25, 0.3) is 5.91 Å². The van der Waals surface area contributed by atoms with Gasteiger partial charge in [-0.3, -0.25) is 4.79 Å². The van der Waals surface area contributed by atoms with E-state index in [0.717, 1.165) is 31.7 Å². The second-order valence-corrected chi connectivity index (χ2v) is 7.94. The largest absolute Gasteiger partial charge is 0.369 e. The highest BCUT2D eigenvalue weighted by atomic mass is 16.5. The summed E-state index contributed by atoms with van der Waals surface area (Å²) in [6.45, 7) is 3.92. The maximum atomic E-state index is 12.3. The fourth-order valence-corrected chi connectivity index (χ4v) is 5.07. The number of ether oxygens (including phenoxy) is 1. The number of carbonyl (C=O) groups is 1. The van der Waals surface area contributed by atoms with Crippen molar-refractivity contribution in [1.82, 2.24) is 15.5 Å². The number of anilines is 1. The van der Waals surface area contributed by atoms with E-state index in [1.807, 2.05) is 12.1 Å². The molecule has 3 aliphatic rings. The third-order valence-electron chi connectivity index (χ3n) is 6.32. The molecule has 5 rings (SSSR count). The number of rotatable bonds is 4. The molecule has 0 aromatic carbocycles. The van der Waals surface area contributed by atoms with Crippen LogP contribution in [0.4, 0.5) is 5.82 Å². The van der Waals surface area contributed by atoms with Crippen LogP contribution in [0.5, 0.6) is 0 Å². The first-order valence-corrected chi connectivity index (χ1v) is 9.59. The lowest BCUT2D eigenvalue weighted by atomic mass is 9.73. The van der Waals surface area contributed by atoms with Gasteiger partial charge in [-0.05, 0) is 31.9 Å². The molecule has 1 N–H and O–H groups in total. The molecule has 144 valence electrons. The van der Waals surface area contributed by atoms with E-state index in [9.17, 15) is 4.79 Å². The molecule has 1 spiro atoms. The maximum absolute atomic E-state index is 12.3. The first-order chi connectivity index (χ1) is 13.6. The predicted octanol–water partition coefficient (Wildman–Crippen LogP) is 1.66. The Kier molecular flexibility index (Phi) is 3.88. The summed E-state index contributed by atoms with van der Waals surface area (Å²) in [7, 11) is 0. The molecule has 28 heavy (non-hydrogen) atoms. The fourth-order valence-electron chi connectivity index (χ4n) is 5.07. The highest BCUT2D eigenvalue weighted by Crippen LogP contribution is 2.55. The zero-order chi connectivity index (χ0) is 19.3. The maximum Gasteiger partial charge on any atom is 0.273 e. The standard InChI is InChI=1S/C20H21N5O3/c1-12-7-16(24-28-12)19(26)22-9-14-15-10-25(11-20(15)6-5-17(14)27-20)18-4-2-3-13(8-21)23-18/h2-4,7,14-15,17H,5-6,9-11H2,1H3,(H,22,26)/t14-,15+,17+,20+/m0/s1. The number of hydrogen-bond acceptors (Lipinski definition) is 7. The second kappa shape index (κ2) is 6.31. The molecule has 8 heteroatoms. The summed E-state index contributed by atoms with van der Waals surface area (Å²) in [6, 6.07) is 9.26. The van der Waals surface area contributed by atoms with E-state index < -0.39 is 0 Å². The molecule has 3 fully saturated rings. The van der Waals surface area contributed by atoms with Crippen molar-refractivity contribution in [2.75, 3.05) is 24.5 Å². The van der Waals surface area contributed by atoms with Gasteiger partial charge in [0.05, 0.1) is 11.7 Å². The molecule has 2 aromatic heterocycles. The van der Waals surface area contributed by atoms with E-state index in [0.29, 0.717) is 29.6 Å². The Morgan fingerprint density at radius 2 is 2.39 bits per heavy atom. The zero-order valence-electron chi connectivity index (χ0n) is 15.6. The SMILES string of the molecule is Cc1cc(C(=O)NC[C@H]2[C@H]3CN(c4cccc(C#N)n4)C[C@]34CC[C@H]2O4)no1. The average Bonchev–Trinajstić information content (AvgIpc) is 3.46. The quantitative estimate of drug-likeness (QED) is 0.861. The van der Waals surface area contributed by atoms with Crippen LogP contribution in [0, 0.1) is 30.1 Å². The Morgan fingerprint density at radius 1 is 1.50 bits per heavy atom. The number of aromatic nitrogens is 2.